The van der Waals surface area contributed by atoms with E-state index in [-0.39, 0.29) is 11.9 Å². The first kappa shape index (κ1) is 13.2. The Labute approximate surface area is 87.8 Å². The van der Waals surface area contributed by atoms with Gasteiger partial charge < -0.3 is 5.32 Å². The first-order chi connectivity index (χ1) is 6.43. The first-order valence-corrected chi connectivity index (χ1v) is 5.37. The van der Waals surface area contributed by atoms with Gasteiger partial charge in [0.2, 0.25) is 5.91 Å². The van der Waals surface area contributed by atoms with Gasteiger partial charge in [-0.1, -0.05) is 19.4 Å². The topological polar surface area (TPSA) is 29.1 Å². The molecule has 0 rings (SSSR count). The lowest BCUT2D eigenvalue weighted by atomic mass is 10.1. The van der Waals surface area contributed by atoms with Crippen molar-refractivity contribution >= 4 is 5.91 Å². The summed E-state index contributed by atoms with van der Waals surface area (Å²) in [6.45, 7) is 12.1. The maximum atomic E-state index is 11.4. The van der Waals surface area contributed by atoms with E-state index in [1.165, 1.54) is 0 Å². The second-order valence-electron chi connectivity index (χ2n) is 4.41. The summed E-state index contributed by atoms with van der Waals surface area (Å²) in [5, 5.41) is 2.98. The van der Waals surface area contributed by atoms with E-state index in [1.54, 1.807) is 0 Å². The zero-order valence-electron chi connectivity index (χ0n) is 9.89. The van der Waals surface area contributed by atoms with Crippen LogP contribution in [-0.4, -0.2) is 11.9 Å². The average Bonchev–Trinajstić information content (AvgIpc) is 2.02. The summed E-state index contributed by atoms with van der Waals surface area (Å²) in [7, 11) is 0. The first-order valence-electron chi connectivity index (χ1n) is 5.37. The Morgan fingerprint density at radius 2 is 1.86 bits per heavy atom. The molecule has 0 bridgehead atoms. The summed E-state index contributed by atoms with van der Waals surface area (Å²) in [4.78, 5) is 11.4. The lowest BCUT2D eigenvalue weighted by Gasteiger charge is -2.17. The number of allylic oxidation sites excluding steroid dienone is 1. The Hall–Kier alpha value is -0.790. The molecule has 0 aromatic rings. The summed E-state index contributed by atoms with van der Waals surface area (Å²) in [5.74, 6) is 0.660. The highest BCUT2D eigenvalue weighted by atomic mass is 16.1. The lowest BCUT2D eigenvalue weighted by molar-refractivity contribution is -0.122. The predicted octanol–water partition coefficient (Wildman–Crippen LogP) is 2.89. The number of amides is 1. The smallest absolute Gasteiger partial charge is 0.220 e. The van der Waals surface area contributed by atoms with Crippen molar-refractivity contribution in [2.45, 2.75) is 53.0 Å². The highest BCUT2D eigenvalue weighted by Gasteiger charge is 2.09. The van der Waals surface area contributed by atoms with Gasteiger partial charge in [-0.25, -0.2) is 0 Å². The molecule has 0 heterocycles. The fourth-order valence-electron chi connectivity index (χ4n) is 1.04. The second-order valence-corrected chi connectivity index (χ2v) is 4.41. The van der Waals surface area contributed by atoms with Gasteiger partial charge in [-0.3, -0.25) is 4.79 Å². The minimum Gasteiger partial charge on any atom is -0.353 e. The molecule has 0 spiro atoms. The Bertz CT molecular complexity index is 196. The molecule has 0 saturated heterocycles. The summed E-state index contributed by atoms with van der Waals surface area (Å²) in [6.07, 6.45) is 2.47. The van der Waals surface area contributed by atoms with E-state index in [0.717, 1.165) is 18.4 Å². The zero-order valence-corrected chi connectivity index (χ0v) is 9.89. The van der Waals surface area contributed by atoms with Crippen LogP contribution < -0.4 is 5.32 Å². The average molecular weight is 197 g/mol. The molecule has 1 N–H and O–H groups in total. The molecule has 0 fully saturated rings. The molecule has 0 saturated carbocycles. The molecule has 1 unspecified atom stereocenters. The van der Waals surface area contributed by atoms with Crippen LogP contribution in [0.1, 0.15) is 47.0 Å². The molecule has 0 radical (unpaired) electrons. The van der Waals surface area contributed by atoms with Crippen LogP contribution in [-0.2, 0) is 4.79 Å². The van der Waals surface area contributed by atoms with Crippen LogP contribution in [0.4, 0.5) is 0 Å². The van der Waals surface area contributed by atoms with Crippen LogP contribution in [0.5, 0.6) is 0 Å². The SMILES string of the molecule is C=C(C)CCCC(=O)NC(C)C(C)C. The molecule has 0 aliphatic rings. The van der Waals surface area contributed by atoms with Gasteiger partial charge in [0, 0.05) is 12.5 Å². The van der Waals surface area contributed by atoms with E-state index in [4.69, 9.17) is 0 Å². The largest absolute Gasteiger partial charge is 0.353 e. The molecule has 14 heavy (non-hydrogen) atoms. The Balaban J connectivity index is 3.60. The van der Waals surface area contributed by atoms with Gasteiger partial charge >= 0.3 is 0 Å². The summed E-state index contributed by atoms with van der Waals surface area (Å²) >= 11 is 0. The Morgan fingerprint density at radius 3 is 2.29 bits per heavy atom. The summed E-state index contributed by atoms with van der Waals surface area (Å²) < 4.78 is 0. The van der Waals surface area contributed by atoms with Crippen molar-refractivity contribution in [2.24, 2.45) is 5.92 Å². The third-order valence-corrected chi connectivity index (χ3v) is 2.40. The minimum atomic E-state index is 0.160. The van der Waals surface area contributed by atoms with Gasteiger partial charge in [0.15, 0.2) is 0 Å². The molecule has 1 atom stereocenters. The van der Waals surface area contributed by atoms with E-state index >= 15 is 0 Å². The molecule has 0 aromatic heterocycles. The van der Waals surface area contributed by atoms with Crippen LogP contribution in [0.2, 0.25) is 0 Å². The highest BCUT2D eigenvalue weighted by Crippen LogP contribution is 2.05. The van der Waals surface area contributed by atoms with Crippen LogP contribution in [0, 0.1) is 5.92 Å². The van der Waals surface area contributed by atoms with Gasteiger partial charge in [-0.15, -0.1) is 6.58 Å². The monoisotopic (exact) mass is 197 g/mol. The number of carbonyl (C=O) groups excluding carboxylic acids is 1. The van der Waals surface area contributed by atoms with Gasteiger partial charge in [0.25, 0.3) is 0 Å². The van der Waals surface area contributed by atoms with Gasteiger partial charge in [0.05, 0.1) is 0 Å². The molecular formula is C12H23NO. The van der Waals surface area contributed by atoms with Crippen LogP contribution in [0.25, 0.3) is 0 Å². The summed E-state index contributed by atoms with van der Waals surface area (Å²) in [5.41, 5.74) is 1.15. The third-order valence-electron chi connectivity index (χ3n) is 2.40. The number of carbonyl (C=O) groups is 1. The maximum Gasteiger partial charge on any atom is 0.220 e. The van der Waals surface area contributed by atoms with Crippen molar-refractivity contribution in [3.63, 3.8) is 0 Å². The maximum absolute atomic E-state index is 11.4. The normalized spacial score (nSPS) is 12.6. The number of hydrogen-bond donors (Lipinski definition) is 1. The van der Waals surface area contributed by atoms with E-state index in [0.29, 0.717) is 12.3 Å². The number of hydrogen-bond acceptors (Lipinski definition) is 1. The van der Waals surface area contributed by atoms with Gasteiger partial charge in [-0.2, -0.15) is 0 Å². The Morgan fingerprint density at radius 1 is 1.29 bits per heavy atom. The van der Waals surface area contributed by atoms with Crippen molar-refractivity contribution in [3.8, 4) is 0 Å². The highest BCUT2D eigenvalue weighted by molar-refractivity contribution is 5.76. The molecule has 1 amide bonds. The molecule has 2 nitrogen and oxygen atoms in total. The van der Waals surface area contributed by atoms with Crippen LogP contribution >= 0.6 is 0 Å². The molecule has 82 valence electrons. The van der Waals surface area contributed by atoms with Gasteiger partial charge in [-0.05, 0) is 32.6 Å². The van der Waals surface area contributed by atoms with Crippen molar-refractivity contribution in [3.05, 3.63) is 12.2 Å². The second kappa shape index (κ2) is 6.63. The fraction of sp³-hybridized carbons (Fsp3) is 0.750. The molecule has 0 aromatic carbocycles. The van der Waals surface area contributed by atoms with Crippen molar-refractivity contribution < 1.29 is 4.79 Å². The van der Waals surface area contributed by atoms with Crippen LogP contribution in [0.3, 0.4) is 0 Å². The van der Waals surface area contributed by atoms with Crippen molar-refractivity contribution in [2.75, 3.05) is 0 Å². The Kier molecular flexibility index (Phi) is 6.26. The molecule has 0 aliphatic carbocycles. The zero-order chi connectivity index (χ0) is 11.1. The van der Waals surface area contributed by atoms with Crippen molar-refractivity contribution in [1.29, 1.82) is 0 Å². The van der Waals surface area contributed by atoms with E-state index in [2.05, 4.69) is 25.7 Å². The van der Waals surface area contributed by atoms with E-state index < -0.39 is 0 Å². The number of nitrogens with one attached hydrogen (secondary N) is 1. The van der Waals surface area contributed by atoms with Crippen LogP contribution in [0.15, 0.2) is 12.2 Å². The molecule has 0 aliphatic heterocycles. The standard InChI is InChI=1S/C12H23NO/c1-9(2)7-6-8-12(14)13-11(5)10(3)4/h10-11H,1,6-8H2,2-5H3,(H,13,14). The summed E-state index contributed by atoms with van der Waals surface area (Å²) in [6, 6.07) is 0.271. The molecule has 2 heteroatoms. The minimum absolute atomic E-state index is 0.160. The van der Waals surface area contributed by atoms with Gasteiger partial charge in [0.1, 0.15) is 0 Å². The van der Waals surface area contributed by atoms with E-state index in [1.807, 2.05) is 13.8 Å². The van der Waals surface area contributed by atoms with Crippen molar-refractivity contribution in [1.82, 2.24) is 5.32 Å². The fourth-order valence-corrected chi connectivity index (χ4v) is 1.04. The van der Waals surface area contributed by atoms with E-state index in [9.17, 15) is 4.79 Å². The number of rotatable bonds is 6. The lowest BCUT2D eigenvalue weighted by Crippen LogP contribution is -2.35. The quantitative estimate of drug-likeness (QED) is 0.652. The predicted molar refractivity (Wildman–Crippen MR) is 61.1 cm³/mol. The molecular weight excluding hydrogens is 174 g/mol. The third kappa shape index (κ3) is 6.70.